The molecule has 130 valence electrons. The second kappa shape index (κ2) is 6.80. The molecule has 4 rings (SSSR count). The van der Waals surface area contributed by atoms with Gasteiger partial charge in [-0.3, -0.25) is 19.7 Å². The van der Waals surface area contributed by atoms with Crippen molar-refractivity contribution < 1.29 is 9.53 Å². The first kappa shape index (κ1) is 16.0. The van der Waals surface area contributed by atoms with Crippen LogP contribution in [0.5, 0.6) is 5.75 Å². The minimum absolute atomic E-state index is 0.0729. The van der Waals surface area contributed by atoms with Crippen LogP contribution in [0.1, 0.15) is 22.5 Å². The Bertz CT molecular complexity index is 735. The van der Waals surface area contributed by atoms with E-state index >= 15 is 0 Å². The fourth-order valence-electron chi connectivity index (χ4n) is 3.65. The molecule has 2 aromatic rings. The van der Waals surface area contributed by atoms with Crippen LogP contribution in [0.15, 0.2) is 42.9 Å². The Balaban J connectivity index is 1.38. The van der Waals surface area contributed by atoms with Gasteiger partial charge in [-0.2, -0.15) is 0 Å². The first-order chi connectivity index (χ1) is 12.2. The second-order valence-corrected chi connectivity index (χ2v) is 6.75. The Labute approximate surface area is 147 Å². The highest BCUT2D eigenvalue weighted by Crippen LogP contribution is 2.26. The zero-order valence-corrected chi connectivity index (χ0v) is 14.3. The van der Waals surface area contributed by atoms with Gasteiger partial charge in [-0.15, -0.1) is 0 Å². The summed E-state index contributed by atoms with van der Waals surface area (Å²) < 4.78 is 6.04. The normalized spacial score (nSPS) is 23.3. The Morgan fingerprint density at radius 1 is 1.20 bits per heavy atom. The summed E-state index contributed by atoms with van der Waals surface area (Å²) in [5, 5.41) is 0. The number of aryl methyl sites for hydroxylation is 1. The van der Waals surface area contributed by atoms with Crippen LogP contribution in [0.3, 0.4) is 0 Å². The van der Waals surface area contributed by atoms with Crippen LogP contribution in [-0.2, 0) is 0 Å². The van der Waals surface area contributed by atoms with Crippen molar-refractivity contribution in [2.45, 2.75) is 25.5 Å². The van der Waals surface area contributed by atoms with Gasteiger partial charge in [0.2, 0.25) is 0 Å². The monoisotopic (exact) mass is 338 g/mol. The van der Waals surface area contributed by atoms with Crippen molar-refractivity contribution in [1.29, 1.82) is 0 Å². The third-order valence-corrected chi connectivity index (χ3v) is 4.96. The zero-order chi connectivity index (χ0) is 17.2. The van der Waals surface area contributed by atoms with Crippen molar-refractivity contribution in [1.82, 2.24) is 19.8 Å². The fourth-order valence-corrected chi connectivity index (χ4v) is 3.65. The van der Waals surface area contributed by atoms with E-state index in [-0.39, 0.29) is 12.0 Å². The predicted molar refractivity (Wildman–Crippen MR) is 93.5 cm³/mol. The van der Waals surface area contributed by atoms with Crippen LogP contribution in [0.25, 0.3) is 0 Å². The molecule has 25 heavy (non-hydrogen) atoms. The summed E-state index contributed by atoms with van der Waals surface area (Å²) in [7, 11) is 0. The number of hydrogen-bond donors (Lipinski definition) is 0. The number of rotatable bonds is 3. The van der Waals surface area contributed by atoms with E-state index in [0.717, 1.165) is 44.0 Å². The molecule has 0 aromatic carbocycles. The van der Waals surface area contributed by atoms with E-state index in [0.29, 0.717) is 11.6 Å². The molecule has 6 nitrogen and oxygen atoms in total. The summed E-state index contributed by atoms with van der Waals surface area (Å²) in [6.45, 7) is 5.23. The smallest absolute Gasteiger partial charge is 0.255 e. The van der Waals surface area contributed by atoms with E-state index in [2.05, 4.69) is 14.9 Å². The van der Waals surface area contributed by atoms with Crippen molar-refractivity contribution in [3.8, 4) is 5.75 Å². The molecule has 2 aliphatic heterocycles. The molecule has 0 saturated carbocycles. The summed E-state index contributed by atoms with van der Waals surface area (Å²) in [5.74, 6) is 0.884. The molecular formula is C19H22N4O2. The lowest BCUT2D eigenvalue weighted by Gasteiger charge is -2.37. The number of amides is 1. The molecule has 4 heterocycles. The molecule has 0 unspecified atom stereocenters. The van der Waals surface area contributed by atoms with Crippen LogP contribution in [-0.4, -0.2) is 64.0 Å². The molecule has 2 fully saturated rings. The van der Waals surface area contributed by atoms with Gasteiger partial charge in [-0.25, -0.2) is 0 Å². The average molecular weight is 338 g/mol. The third kappa shape index (κ3) is 3.49. The topological polar surface area (TPSA) is 58.6 Å². The molecule has 0 bridgehead atoms. The molecule has 2 aromatic heterocycles. The molecule has 0 spiro atoms. The molecule has 0 aliphatic carbocycles. The van der Waals surface area contributed by atoms with Gasteiger partial charge in [-0.05, 0) is 31.2 Å². The van der Waals surface area contributed by atoms with Crippen LogP contribution in [0.2, 0.25) is 0 Å². The minimum Gasteiger partial charge on any atom is -0.487 e. The summed E-state index contributed by atoms with van der Waals surface area (Å²) in [6.07, 6.45) is 6.26. The number of nitrogens with zero attached hydrogens (tertiary/aromatic N) is 4. The predicted octanol–water partition coefficient (Wildman–Crippen LogP) is 1.76. The number of ether oxygens (including phenoxy) is 1. The van der Waals surface area contributed by atoms with E-state index in [1.807, 2.05) is 36.1 Å². The molecule has 0 N–H and O–H groups in total. The lowest BCUT2D eigenvalue weighted by molar-refractivity contribution is 0.0569. The average Bonchev–Trinajstić information content (AvgIpc) is 3.04. The fraction of sp³-hybridized carbons (Fsp3) is 0.421. The van der Waals surface area contributed by atoms with Gasteiger partial charge in [-0.1, -0.05) is 0 Å². The highest BCUT2D eigenvalue weighted by molar-refractivity contribution is 5.94. The van der Waals surface area contributed by atoms with E-state index in [9.17, 15) is 4.79 Å². The standard InChI is InChI=1S/C19H22N4O2/c1-14-4-5-15(10-21-14)19(24)23-8-7-22-13-18(9-16(22)12-23)25-17-3-2-6-20-11-17/h2-6,10-11,16,18H,7-9,12-13H2,1H3/t16-,18+/m0/s1. The van der Waals surface area contributed by atoms with Crippen LogP contribution in [0, 0.1) is 6.92 Å². The van der Waals surface area contributed by atoms with Crippen molar-refractivity contribution in [3.05, 3.63) is 54.1 Å². The summed E-state index contributed by atoms with van der Waals surface area (Å²) in [6, 6.07) is 7.92. The van der Waals surface area contributed by atoms with E-state index in [1.54, 1.807) is 18.6 Å². The highest BCUT2D eigenvalue weighted by atomic mass is 16.5. The van der Waals surface area contributed by atoms with Gasteiger partial charge in [0, 0.05) is 56.7 Å². The Kier molecular flexibility index (Phi) is 4.36. The number of piperazine rings is 1. The lowest BCUT2D eigenvalue weighted by atomic mass is 10.1. The second-order valence-electron chi connectivity index (χ2n) is 6.75. The van der Waals surface area contributed by atoms with Crippen molar-refractivity contribution in [2.24, 2.45) is 0 Å². The summed E-state index contributed by atoms with van der Waals surface area (Å²) >= 11 is 0. The largest absolute Gasteiger partial charge is 0.487 e. The lowest BCUT2D eigenvalue weighted by Crippen LogP contribution is -2.52. The van der Waals surface area contributed by atoms with Gasteiger partial charge >= 0.3 is 0 Å². The minimum atomic E-state index is 0.0729. The Morgan fingerprint density at radius 3 is 2.88 bits per heavy atom. The van der Waals surface area contributed by atoms with E-state index in [4.69, 9.17) is 4.74 Å². The van der Waals surface area contributed by atoms with Gasteiger partial charge < -0.3 is 9.64 Å². The molecule has 1 amide bonds. The maximum Gasteiger partial charge on any atom is 0.255 e. The maximum atomic E-state index is 12.7. The van der Waals surface area contributed by atoms with Crippen LogP contribution >= 0.6 is 0 Å². The molecular weight excluding hydrogens is 316 g/mol. The first-order valence-electron chi connectivity index (χ1n) is 8.72. The molecule has 6 heteroatoms. The van der Waals surface area contributed by atoms with Gasteiger partial charge in [0.25, 0.3) is 5.91 Å². The van der Waals surface area contributed by atoms with Crippen LogP contribution < -0.4 is 4.74 Å². The Hall–Kier alpha value is -2.47. The highest BCUT2D eigenvalue weighted by Gasteiger charge is 2.38. The maximum absolute atomic E-state index is 12.7. The number of hydrogen-bond acceptors (Lipinski definition) is 5. The number of carbonyl (C=O) groups is 1. The summed E-state index contributed by atoms with van der Waals surface area (Å²) in [4.78, 5) is 25.4. The molecule has 2 saturated heterocycles. The van der Waals surface area contributed by atoms with Gasteiger partial charge in [0.1, 0.15) is 11.9 Å². The molecule has 2 atom stereocenters. The van der Waals surface area contributed by atoms with Crippen molar-refractivity contribution in [2.75, 3.05) is 26.2 Å². The van der Waals surface area contributed by atoms with Gasteiger partial charge in [0.05, 0.1) is 11.8 Å². The van der Waals surface area contributed by atoms with E-state index < -0.39 is 0 Å². The number of pyridine rings is 2. The van der Waals surface area contributed by atoms with Crippen LogP contribution in [0.4, 0.5) is 0 Å². The first-order valence-corrected chi connectivity index (χ1v) is 8.72. The summed E-state index contributed by atoms with van der Waals surface area (Å²) in [5.41, 5.74) is 1.59. The number of fused-ring (bicyclic) bond motifs is 1. The van der Waals surface area contributed by atoms with Crippen molar-refractivity contribution in [3.63, 3.8) is 0 Å². The Morgan fingerprint density at radius 2 is 2.12 bits per heavy atom. The zero-order valence-electron chi connectivity index (χ0n) is 14.3. The SMILES string of the molecule is Cc1ccc(C(=O)N2CCN3C[C@H](Oc4cccnc4)C[C@H]3C2)cn1. The van der Waals surface area contributed by atoms with E-state index in [1.165, 1.54) is 0 Å². The number of carbonyl (C=O) groups excluding carboxylic acids is 1. The van der Waals surface area contributed by atoms with Gasteiger partial charge in [0.15, 0.2) is 0 Å². The number of aromatic nitrogens is 2. The third-order valence-electron chi connectivity index (χ3n) is 4.96. The molecule has 0 radical (unpaired) electrons. The van der Waals surface area contributed by atoms with Crippen molar-refractivity contribution >= 4 is 5.91 Å². The quantitative estimate of drug-likeness (QED) is 0.854. The molecule has 2 aliphatic rings.